The number of carbonyl (C=O) groups is 1. The van der Waals surface area contributed by atoms with E-state index in [0.29, 0.717) is 5.69 Å². The Morgan fingerprint density at radius 1 is 1.32 bits per heavy atom. The minimum Gasteiger partial charge on any atom is -0.494 e. The van der Waals surface area contributed by atoms with Gasteiger partial charge in [-0.05, 0) is 59.4 Å². The fraction of sp³-hybridized carbons (Fsp3) is 0.263. The normalized spacial score (nSPS) is 19.4. The maximum atomic E-state index is 13.8. The van der Waals surface area contributed by atoms with Crippen LogP contribution in [0.2, 0.25) is 0 Å². The number of aromatic nitrogens is 1. The number of nitrogens with one attached hydrogen (secondary N) is 1. The first kappa shape index (κ1) is 16.0. The standard InChI is InChI=1S/C19H17FN2O2S/c1-24-16-3-2-12(10-15(16)20)13-8-14(9-13)22-19(23)17-18-11(4-6-21-17)5-7-25-18/h2-7,10,13-14H,8-9H2,1H3,(H,22,23). The van der Waals surface area contributed by atoms with Crippen molar-refractivity contribution in [3.8, 4) is 5.75 Å². The number of halogens is 1. The van der Waals surface area contributed by atoms with Crippen LogP contribution in [0.4, 0.5) is 4.39 Å². The summed E-state index contributed by atoms with van der Waals surface area (Å²) < 4.78 is 19.7. The molecule has 0 spiro atoms. The Balaban J connectivity index is 1.40. The van der Waals surface area contributed by atoms with Gasteiger partial charge in [-0.3, -0.25) is 4.79 Å². The molecule has 1 amide bonds. The number of rotatable bonds is 4. The summed E-state index contributed by atoms with van der Waals surface area (Å²) in [5.41, 5.74) is 1.42. The topological polar surface area (TPSA) is 51.2 Å². The highest BCUT2D eigenvalue weighted by Crippen LogP contribution is 2.38. The van der Waals surface area contributed by atoms with Gasteiger partial charge in [0, 0.05) is 12.2 Å². The maximum Gasteiger partial charge on any atom is 0.271 e. The summed E-state index contributed by atoms with van der Waals surface area (Å²) in [5.74, 6) is 0.0257. The summed E-state index contributed by atoms with van der Waals surface area (Å²) in [6.45, 7) is 0. The molecule has 6 heteroatoms. The zero-order valence-electron chi connectivity index (χ0n) is 13.7. The predicted molar refractivity (Wildman–Crippen MR) is 95.8 cm³/mol. The molecule has 1 aliphatic rings. The highest BCUT2D eigenvalue weighted by Gasteiger charge is 2.32. The fourth-order valence-electron chi connectivity index (χ4n) is 3.25. The number of benzene rings is 1. The van der Waals surface area contributed by atoms with E-state index in [1.54, 1.807) is 12.3 Å². The Bertz CT molecular complexity index is 934. The van der Waals surface area contributed by atoms with E-state index in [1.807, 2.05) is 23.6 Å². The number of methoxy groups -OCH3 is 1. The average molecular weight is 356 g/mol. The van der Waals surface area contributed by atoms with Gasteiger partial charge in [0.25, 0.3) is 5.91 Å². The molecule has 0 unspecified atom stereocenters. The van der Waals surface area contributed by atoms with Crippen LogP contribution in [0.3, 0.4) is 0 Å². The smallest absolute Gasteiger partial charge is 0.271 e. The van der Waals surface area contributed by atoms with Gasteiger partial charge in [0.1, 0.15) is 5.69 Å². The first-order chi connectivity index (χ1) is 12.2. The van der Waals surface area contributed by atoms with Crippen LogP contribution in [0.15, 0.2) is 41.9 Å². The lowest BCUT2D eigenvalue weighted by atomic mass is 9.76. The number of pyridine rings is 1. The van der Waals surface area contributed by atoms with E-state index in [9.17, 15) is 9.18 Å². The Morgan fingerprint density at radius 2 is 2.16 bits per heavy atom. The van der Waals surface area contributed by atoms with E-state index in [-0.39, 0.29) is 29.4 Å². The van der Waals surface area contributed by atoms with Crippen LogP contribution in [-0.2, 0) is 0 Å². The van der Waals surface area contributed by atoms with Crippen LogP contribution in [0.25, 0.3) is 10.1 Å². The Hall–Kier alpha value is -2.47. The van der Waals surface area contributed by atoms with Gasteiger partial charge in [-0.15, -0.1) is 11.3 Å². The highest BCUT2D eigenvalue weighted by atomic mass is 32.1. The average Bonchev–Trinajstić information content (AvgIpc) is 3.06. The molecule has 0 aliphatic heterocycles. The lowest BCUT2D eigenvalue weighted by molar-refractivity contribution is 0.0906. The fourth-order valence-corrected chi connectivity index (χ4v) is 4.13. The summed E-state index contributed by atoms with van der Waals surface area (Å²) in [6.07, 6.45) is 3.27. The van der Waals surface area contributed by atoms with E-state index in [1.165, 1.54) is 24.5 Å². The molecule has 0 saturated heterocycles. The Kier molecular flexibility index (Phi) is 4.13. The largest absolute Gasteiger partial charge is 0.494 e. The summed E-state index contributed by atoms with van der Waals surface area (Å²) >= 11 is 1.52. The van der Waals surface area contributed by atoms with Crippen molar-refractivity contribution in [3.05, 3.63) is 59.0 Å². The van der Waals surface area contributed by atoms with Crippen LogP contribution in [-0.4, -0.2) is 24.0 Å². The molecular weight excluding hydrogens is 339 g/mol. The quantitative estimate of drug-likeness (QED) is 0.765. The molecule has 25 heavy (non-hydrogen) atoms. The monoisotopic (exact) mass is 356 g/mol. The van der Waals surface area contributed by atoms with Gasteiger partial charge >= 0.3 is 0 Å². The van der Waals surface area contributed by atoms with Gasteiger partial charge in [-0.25, -0.2) is 9.37 Å². The molecule has 2 aromatic heterocycles. The second kappa shape index (κ2) is 6.44. The third-order valence-corrected chi connectivity index (χ3v) is 5.64. The second-order valence-corrected chi connectivity index (χ2v) is 7.15. The number of hydrogen-bond donors (Lipinski definition) is 1. The van der Waals surface area contributed by atoms with Gasteiger partial charge in [0.15, 0.2) is 11.6 Å². The first-order valence-corrected chi connectivity index (χ1v) is 9.00. The van der Waals surface area contributed by atoms with Crippen molar-refractivity contribution in [1.82, 2.24) is 10.3 Å². The minimum atomic E-state index is -0.346. The molecule has 1 aromatic carbocycles. The summed E-state index contributed by atoms with van der Waals surface area (Å²) in [6, 6.07) is 9.04. The van der Waals surface area contributed by atoms with Crippen molar-refractivity contribution in [2.45, 2.75) is 24.8 Å². The molecule has 0 radical (unpaired) electrons. The van der Waals surface area contributed by atoms with Crippen LogP contribution in [0.1, 0.15) is 34.8 Å². The number of amides is 1. The Morgan fingerprint density at radius 3 is 2.92 bits per heavy atom. The summed E-state index contributed by atoms with van der Waals surface area (Å²) in [5, 5.41) is 6.03. The molecule has 2 heterocycles. The first-order valence-electron chi connectivity index (χ1n) is 8.12. The molecule has 0 bridgehead atoms. The van der Waals surface area contributed by atoms with Crippen molar-refractivity contribution < 1.29 is 13.9 Å². The van der Waals surface area contributed by atoms with E-state index < -0.39 is 0 Å². The molecule has 4 nitrogen and oxygen atoms in total. The van der Waals surface area contributed by atoms with Gasteiger partial charge in [-0.2, -0.15) is 0 Å². The highest BCUT2D eigenvalue weighted by molar-refractivity contribution is 7.17. The van der Waals surface area contributed by atoms with Gasteiger partial charge in [-0.1, -0.05) is 6.07 Å². The van der Waals surface area contributed by atoms with Crippen LogP contribution in [0, 0.1) is 5.82 Å². The van der Waals surface area contributed by atoms with E-state index >= 15 is 0 Å². The SMILES string of the molecule is COc1ccc(C2CC(NC(=O)c3nccc4ccsc34)C2)cc1F. The molecule has 3 aromatic rings. The molecule has 1 aliphatic carbocycles. The number of ether oxygens (including phenoxy) is 1. The third kappa shape index (κ3) is 2.98. The third-order valence-electron chi connectivity index (χ3n) is 4.70. The van der Waals surface area contributed by atoms with E-state index in [4.69, 9.17) is 4.74 Å². The van der Waals surface area contributed by atoms with Crippen LogP contribution in [0.5, 0.6) is 5.75 Å². The van der Waals surface area contributed by atoms with Crippen molar-refractivity contribution in [3.63, 3.8) is 0 Å². The molecule has 1 N–H and O–H groups in total. The number of nitrogens with zero attached hydrogens (tertiary/aromatic N) is 1. The number of thiophene rings is 1. The molecule has 1 fully saturated rings. The molecule has 0 atom stereocenters. The molecule has 4 rings (SSSR count). The molecule has 128 valence electrons. The molecular formula is C19H17FN2O2S. The zero-order valence-corrected chi connectivity index (χ0v) is 14.5. The van der Waals surface area contributed by atoms with Crippen molar-refractivity contribution in [1.29, 1.82) is 0 Å². The Labute approximate surface area is 148 Å². The molecule has 1 saturated carbocycles. The summed E-state index contributed by atoms with van der Waals surface area (Å²) in [4.78, 5) is 16.7. The van der Waals surface area contributed by atoms with Crippen LogP contribution >= 0.6 is 11.3 Å². The number of carbonyl (C=O) groups excluding carboxylic acids is 1. The second-order valence-electron chi connectivity index (χ2n) is 6.23. The number of fused-ring (bicyclic) bond motifs is 1. The lowest BCUT2D eigenvalue weighted by Gasteiger charge is -2.36. The minimum absolute atomic E-state index is 0.0969. The van der Waals surface area contributed by atoms with Gasteiger partial charge in [0.05, 0.1) is 11.8 Å². The summed E-state index contributed by atoms with van der Waals surface area (Å²) in [7, 11) is 1.45. The van der Waals surface area contributed by atoms with Crippen molar-refractivity contribution in [2.75, 3.05) is 7.11 Å². The van der Waals surface area contributed by atoms with Gasteiger partial charge in [0.2, 0.25) is 0 Å². The lowest BCUT2D eigenvalue weighted by Crippen LogP contribution is -2.43. The van der Waals surface area contributed by atoms with Crippen molar-refractivity contribution in [2.24, 2.45) is 0 Å². The maximum absolute atomic E-state index is 13.8. The predicted octanol–water partition coefficient (Wildman–Crippen LogP) is 4.12. The van der Waals surface area contributed by atoms with Crippen LogP contribution < -0.4 is 10.1 Å². The number of hydrogen-bond acceptors (Lipinski definition) is 4. The van der Waals surface area contributed by atoms with Gasteiger partial charge < -0.3 is 10.1 Å². The van der Waals surface area contributed by atoms with E-state index in [2.05, 4.69) is 10.3 Å². The zero-order chi connectivity index (χ0) is 17.4. The van der Waals surface area contributed by atoms with E-state index in [0.717, 1.165) is 28.5 Å². The van der Waals surface area contributed by atoms with Crippen molar-refractivity contribution >= 4 is 27.3 Å².